The molecular weight excluding hydrogens is 345 g/mol. The fraction of sp³-hybridized carbons (Fsp3) is 0.0952. The highest BCUT2D eigenvalue weighted by molar-refractivity contribution is 6.81. The summed E-state index contributed by atoms with van der Waals surface area (Å²) in [5.41, 5.74) is 5.76. The van der Waals surface area contributed by atoms with Crippen molar-refractivity contribution < 1.29 is 9.45 Å². The Morgan fingerprint density at radius 3 is 2.62 bits per heavy atom. The van der Waals surface area contributed by atoms with E-state index in [1.807, 2.05) is 18.2 Å². The van der Waals surface area contributed by atoms with Gasteiger partial charge in [-0.25, -0.2) is 0 Å². The largest absolute Gasteiger partial charge is 0.423 e. The summed E-state index contributed by atoms with van der Waals surface area (Å²) in [6.45, 7) is 2.53. The number of aryl methyl sites for hydroxylation is 1. The van der Waals surface area contributed by atoms with Crippen LogP contribution in [0, 0.1) is 6.92 Å². The Bertz CT molecular complexity index is 972. The van der Waals surface area contributed by atoms with Gasteiger partial charge < -0.3 is 9.97 Å². The van der Waals surface area contributed by atoms with Gasteiger partial charge in [-0.15, -0.1) is 0 Å². The summed E-state index contributed by atoms with van der Waals surface area (Å²) in [5.74, 6) is -0.221. The molecule has 0 saturated carbocycles. The lowest BCUT2D eigenvalue weighted by atomic mass is 9.56. The first-order valence-electron chi connectivity index (χ1n) is 8.49. The van der Waals surface area contributed by atoms with Crippen molar-refractivity contribution in [2.24, 2.45) is 0 Å². The van der Waals surface area contributed by atoms with Gasteiger partial charge in [0.25, 0.3) is 5.91 Å². The molecule has 26 heavy (non-hydrogen) atoms. The van der Waals surface area contributed by atoms with E-state index in [9.17, 15) is 4.79 Å². The Labute approximate surface area is 158 Å². The van der Waals surface area contributed by atoms with Crippen LogP contribution in [0.1, 0.15) is 21.5 Å². The van der Waals surface area contributed by atoms with Crippen LogP contribution < -0.4 is 16.2 Å². The highest BCUT2D eigenvalue weighted by Gasteiger charge is 2.30. The molecule has 0 radical (unpaired) electrons. The van der Waals surface area contributed by atoms with Crippen LogP contribution in [0.25, 0.3) is 0 Å². The van der Waals surface area contributed by atoms with Crippen molar-refractivity contribution in [1.29, 1.82) is 0 Å². The van der Waals surface area contributed by atoms with Crippen molar-refractivity contribution in [3.8, 4) is 0 Å². The number of rotatable bonds is 3. The third kappa shape index (κ3) is 3.26. The lowest BCUT2D eigenvalue weighted by Crippen LogP contribution is -2.41. The average Bonchev–Trinajstić information content (AvgIpc) is 3.06. The Kier molecular flexibility index (Phi) is 4.54. The number of benzene rings is 3. The van der Waals surface area contributed by atoms with E-state index < -0.39 is 0 Å². The second kappa shape index (κ2) is 6.98. The topological polar surface area (TPSA) is 38.3 Å². The van der Waals surface area contributed by atoms with Gasteiger partial charge in [-0.2, -0.15) is 0 Å². The number of hydrogen-bond donors (Lipinski definition) is 1. The number of fused-ring (bicyclic) bond motifs is 1. The Morgan fingerprint density at radius 2 is 1.85 bits per heavy atom. The van der Waals surface area contributed by atoms with Gasteiger partial charge in [0.1, 0.15) is 0 Å². The van der Waals surface area contributed by atoms with Gasteiger partial charge in [-0.05, 0) is 47.7 Å². The summed E-state index contributed by atoms with van der Waals surface area (Å²) in [7, 11) is 0. The minimum absolute atomic E-state index is 0.109. The SMILES string of the molecule is Cc1ccc(B2OCc3ccc(NC(=O)c4ccccc4Cl)cc32)cc1. The van der Waals surface area contributed by atoms with Crippen molar-refractivity contribution in [2.45, 2.75) is 13.5 Å². The first-order valence-corrected chi connectivity index (χ1v) is 8.86. The van der Waals surface area contributed by atoms with Crippen LogP contribution in [0.4, 0.5) is 5.69 Å². The van der Waals surface area contributed by atoms with E-state index in [4.69, 9.17) is 16.3 Å². The van der Waals surface area contributed by atoms with Gasteiger partial charge in [-0.1, -0.05) is 59.6 Å². The van der Waals surface area contributed by atoms with Crippen LogP contribution in [0.3, 0.4) is 0 Å². The Hall–Kier alpha value is -2.56. The number of nitrogens with one attached hydrogen (secondary N) is 1. The molecule has 3 aromatic rings. The molecule has 0 atom stereocenters. The Morgan fingerprint density at radius 1 is 1.08 bits per heavy atom. The number of halogens is 1. The first-order chi connectivity index (χ1) is 12.6. The van der Waals surface area contributed by atoms with E-state index in [0.717, 1.165) is 22.2 Å². The first kappa shape index (κ1) is 16.9. The molecule has 0 bridgehead atoms. The molecule has 4 rings (SSSR count). The second-order valence-corrected chi connectivity index (χ2v) is 6.86. The zero-order valence-corrected chi connectivity index (χ0v) is 15.1. The van der Waals surface area contributed by atoms with Gasteiger partial charge >= 0.3 is 6.92 Å². The van der Waals surface area contributed by atoms with Gasteiger partial charge in [-0.3, -0.25) is 4.79 Å². The molecule has 1 heterocycles. The number of carbonyl (C=O) groups excluding carboxylic acids is 1. The Balaban J connectivity index is 1.61. The van der Waals surface area contributed by atoms with E-state index in [2.05, 4.69) is 36.5 Å². The molecule has 0 saturated heterocycles. The molecule has 3 aromatic carbocycles. The second-order valence-electron chi connectivity index (χ2n) is 6.45. The molecule has 1 amide bonds. The smallest absolute Gasteiger partial charge is 0.362 e. The number of hydrogen-bond acceptors (Lipinski definition) is 2. The molecule has 0 aliphatic carbocycles. The molecule has 0 unspecified atom stereocenters. The number of amides is 1. The quantitative estimate of drug-likeness (QED) is 0.725. The lowest BCUT2D eigenvalue weighted by molar-refractivity contribution is 0.102. The summed E-state index contributed by atoms with van der Waals surface area (Å²) in [4.78, 5) is 12.5. The highest BCUT2D eigenvalue weighted by atomic mass is 35.5. The van der Waals surface area contributed by atoms with Crippen molar-refractivity contribution in [1.82, 2.24) is 0 Å². The van der Waals surface area contributed by atoms with Crippen LogP contribution in [0.15, 0.2) is 66.7 Å². The van der Waals surface area contributed by atoms with E-state index in [0.29, 0.717) is 17.2 Å². The van der Waals surface area contributed by atoms with Gasteiger partial charge in [0, 0.05) is 5.69 Å². The maximum Gasteiger partial charge on any atom is 0.362 e. The normalized spacial score (nSPS) is 12.8. The monoisotopic (exact) mass is 361 g/mol. The molecule has 5 heteroatoms. The zero-order valence-electron chi connectivity index (χ0n) is 14.3. The van der Waals surface area contributed by atoms with Crippen LogP contribution in [-0.2, 0) is 11.3 Å². The maximum absolute atomic E-state index is 12.5. The predicted molar refractivity (Wildman–Crippen MR) is 107 cm³/mol. The predicted octanol–water partition coefficient (Wildman–Crippen LogP) is 3.54. The van der Waals surface area contributed by atoms with Crippen LogP contribution in [0.2, 0.25) is 5.02 Å². The standard InChI is InChI=1S/C21H17BClNO2/c1-14-6-9-16(10-7-14)22-19-12-17(11-8-15(19)13-26-22)24-21(25)18-4-2-3-5-20(18)23/h2-12H,13H2,1H3,(H,24,25). The molecule has 1 aliphatic rings. The van der Waals surface area contributed by atoms with Gasteiger partial charge in [0.2, 0.25) is 0 Å². The molecule has 0 spiro atoms. The van der Waals surface area contributed by atoms with Crippen molar-refractivity contribution >= 4 is 41.0 Å². The van der Waals surface area contributed by atoms with Crippen molar-refractivity contribution in [3.05, 3.63) is 88.4 Å². The average molecular weight is 362 g/mol. The third-order valence-electron chi connectivity index (χ3n) is 4.59. The zero-order chi connectivity index (χ0) is 18.1. The third-order valence-corrected chi connectivity index (χ3v) is 4.92. The van der Waals surface area contributed by atoms with E-state index in [1.54, 1.807) is 24.3 Å². The van der Waals surface area contributed by atoms with Crippen LogP contribution in [-0.4, -0.2) is 12.8 Å². The molecule has 0 fully saturated rings. The van der Waals surface area contributed by atoms with Crippen LogP contribution in [0.5, 0.6) is 0 Å². The molecule has 0 aromatic heterocycles. The summed E-state index contributed by atoms with van der Waals surface area (Å²) in [6, 6.07) is 21.3. The fourth-order valence-corrected chi connectivity index (χ4v) is 3.39. The highest BCUT2D eigenvalue weighted by Crippen LogP contribution is 2.19. The number of anilines is 1. The minimum atomic E-state index is -0.221. The van der Waals surface area contributed by atoms with Gasteiger partial charge in [0.05, 0.1) is 17.2 Å². The molecule has 1 N–H and O–H groups in total. The molecule has 128 valence electrons. The fourth-order valence-electron chi connectivity index (χ4n) is 3.17. The van der Waals surface area contributed by atoms with Gasteiger partial charge in [0.15, 0.2) is 0 Å². The summed E-state index contributed by atoms with van der Waals surface area (Å²) in [5, 5.41) is 3.37. The van der Waals surface area contributed by atoms with E-state index in [1.165, 1.54) is 5.56 Å². The van der Waals surface area contributed by atoms with Crippen molar-refractivity contribution in [2.75, 3.05) is 5.32 Å². The number of carbonyl (C=O) groups is 1. The lowest BCUT2D eigenvalue weighted by Gasteiger charge is -2.11. The van der Waals surface area contributed by atoms with Crippen LogP contribution >= 0.6 is 11.6 Å². The molecule has 1 aliphatic heterocycles. The summed E-state index contributed by atoms with van der Waals surface area (Å²) >= 11 is 6.11. The minimum Gasteiger partial charge on any atom is -0.423 e. The molecule has 3 nitrogen and oxygen atoms in total. The van der Waals surface area contributed by atoms with Crippen molar-refractivity contribution in [3.63, 3.8) is 0 Å². The maximum atomic E-state index is 12.5. The van der Waals surface area contributed by atoms with E-state index in [-0.39, 0.29) is 12.8 Å². The summed E-state index contributed by atoms with van der Waals surface area (Å²) < 4.78 is 5.98. The molecular formula is C21H17BClNO2. The summed E-state index contributed by atoms with van der Waals surface area (Å²) in [6.07, 6.45) is 0. The van der Waals surface area contributed by atoms with E-state index >= 15 is 0 Å².